The minimum Gasteiger partial charge on any atom is -0.231 e. The van der Waals surface area contributed by atoms with E-state index in [0.29, 0.717) is 5.82 Å². The second-order valence-electron chi connectivity index (χ2n) is 15.6. The molecule has 0 aliphatic carbocycles. The van der Waals surface area contributed by atoms with E-state index in [2.05, 4.69) is 205 Å². The third-order valence-electron chi connectivity index (χ3n) is 11.8. The zero-order valence-corrected chi connectivity index (χ0v) is 34.3. The fourth-order valence-corrected chi connectivity index (χ4v) is 9.92. The van der Waals surface area contributed by atoms with Crippen LogP contribution in [0.4, 0.5) is 0 Å². The third kappa shape index (κ3) is 6.26. The number of thiophene rings is 1. The van der Waals surface area contributed by atoms with Gasteiger partial charge in [0.1, 0.15) is 5.69 Å². The Kier molecular flexibility index (Phi) is 8.65. The Morgan fingerprint density at radius 1 is 0.355 bits per heavy atom. The summed E-state index contributed by atoms with van der Waals surface area (Å²) in [6, 6.07) is 77.3. The van der Waals surface area contributed by atoms with Gasteiger partial charge in [0.15, 0.2) is 5.82 Å². The highest BCUT2D eigenvalue weighted by atomic mass is 32.1. The van der Waals surface area contributed by atoms with Crippen LogP contribution in [0.2, 0.25) is 0 Å². The van der Waals surface area contributed by atoms with Crippen LogP contribution in [0.25, 0.3) is 115 Å². The van der Waals surface area contributed by atoms with Crippen molar-refractivity contribution in [3.8, 4) is 78.7 Å². The summed E-state index contributed by atoms with van der Waals surface area (Å²) < 4.78 is 4.75. The molecule has 0 aliphatic rings. The number of rotatable bonds is 7. The van der Waals surface area contributed by atoms with E-state index in [1.54, 1.807) is 0 Å². The summed E-state index contributed by atoms with van der Waals surface area (Å²) in [6.07, 6.45) is 0. The Morgan fingerprint density at radius 3 is 1.65 bits per heavy atom. The monoisotopic (exact) mass is 808 g/mol. The summed E-state index contributed by atoms with van der Waals surface area (Å²) in [5.41, 5.74) is 14.3. The molecule has 12 aromatic rings. The molecule has 0 saturated carbocycles. The van der Waals surface area contributed by atoms with Gasteiger partial charge in [-0.1, -0.05) is 176 Å². The van der Waals surface area contributed by atoms with Gasteiger partial charge in [-0.15, -0.1) is 11.3 Å². The number of nitrogens with zero attached hydrogens (tertiary/aromatic N) is 4. The first kappa shape index (κ1) is 35.9. The predicted molar refractivity (Wildman–Crippen MR) is 259 cm³/mol. The Labute approximate surface area is 362 Å². The standard InChI is InChI=1S/C57H36N4S/c1-4-16-37(17-5-1)51-35-42-22-10-11-27-46(42)56-54(38-18-6-2-7-19-38)55(60-61(51)56)45-26-15-25-44(33-45)50-36-49(58-57(59-50)39-20-8-3-9-21-39)43-24-14-23-40(32-43)41-30-31-53-48(34-41)47-28-12-13-29-52(47)62-53/h1-36H. The molecule has 8 aromatic carbocycles. The van der Waals surface area contributed by atoms with Crippen molar-refractivity contribution in [1.29, 1.82) is 0 Å². The Hall–Kier alpha value is -7.99. The normalized spacial score (nSPS) is 11.5. The lowest BCUT2D eigenvalue weighted by atomic mass is 9.95. The maximum Gasteiger partial charge on any atom is 0.160 e. The van der Waals surface area contributed by atoms with Crippen molar-refractivity contribution >= 4 is 47.8 Å². The van der Waals surface area contributed by atoms with Crippen LogP contribution in [0.1, 0.15) is 0 Å². The molecule has 0 aliphatic heterocycles. The SMILES string of the molecule is c1ccc(-c2nc(-c3cccc(-c4ccc5sc6ccccc6c5c4)c3)cc(-c3cccc(-c4nn5c(-c6ccccc6)cc6ccccc6c5c4-c4ccccc4)c3)n2)cc1. The Bertz CT molecular complexity index is 3630. The summed E-state index contributed by atoms with van der Waals surface area (Å²) in [5, 5.41) is 10.4. The molecule has 62 heavy (non-hydrogen) atoms. The largest absolute Gasteiger partial charge is 0.231 e. The van der Waals surface area contributed by atoms with E-state index in [4.69, 9.17) is 15.1 Å². The molecule has 0 unspecified atom stereocenters. The molecule has 4 nitrogen and oxygen atoms in total. The van der Waals surface area contributed by atoms with Crippen LogP contribution in [0.5, 0.6) is 0 Å². The van der Waals surface area contributed by atoms with Crippen LogP contribution in [0.3, 0.4) is 0 Å². The lowest BCUT2D eigenvalue weighted by Crippen LogP contribution is -1.96. The minimum absolute atomic E-state index is 0.678. The quantitative estimate of drug-likeness (QED) is 0.161. The molecular formula is C57H36N4S. The third-order valence-corrected chi connectivity index (χ3v) is 13.0. The molecule has 0 spiro atoms. The molecule has 0 N–H and O–H groups in total. The first-order valence-corrected chi connectivity index (χ1v) is 21.7. The molecular weight excluding hydrogens is 773 g/mol. The molecule has 0 saturated heterocycles. The molecule has 5 heteroatoms. The second kappa shape index (κ2) is 14.9. The summed E-state index contributed by atoms with van der Waals surface area (Å²) in [7, 11) is 0. The average Bonchev–Trinajstić information content (AvgIpc) is 3.94. The number of fused-ring (bicyclic) bond motifs is 6. The smallest absolute Gasteiger partial charge is 0.160 e. The van der Waals surface area contributed by atoms with E-state index in [1.165, 1.54) is 31.1 Å². The summed E-state index contributed by atoms with van der Waals surface area (Å²) in [6.45, 7) is 0. The number of pyridine rings is 1. The van der Waals surface area contributed by atoms with Crippen LogP contribution < -0.4 is 0 Å². The maximum atomic E-state index is 5.51. The van der Waals surface area contributed by atoms with Gasteiger partial charge >= 0.3 is 0 Å². The van der Waals surface area contributed by atoms with Crippen molar-refractivity contribution in [1.82, 2.24) is 19.6 Å². The minimum atomic E-state index is 0.678. The van der Waals surface area contributed by atoms with Crippen molar-refractivity contribution in [2.45, 2.75) is 0 Å². The lowest BCUT2D eigenvalue weighted by molar-refractivity contribution is 0.979. The summed E-state index contributed by atoms with van der Waals surface area (Å²) >= 11 is 1.84. The predicted octanol–water partition coefficient (Wildman–Crippen LogP) is 15.3. The van der Waals surface area contributed by atoms with E-state index in [0.717, 1.165) is 78.2 Å². The van der Waals surface area contributed by atoms with Crippen LogP contribution in [0.15, 0.2) is 218 Å². The van der Waals surface area contributed by atoms with Gasteiger partial charge < -0.3 is 0 Å². The molecule has 4 heterocycles. The first-order valence-electron chi connectivity index (χ1n) is 20.8. The van der Waals surface area contributed by atoms with Gasteiger partial charge in [-0.25, -0.2) is 14.5 Å². The van der Waals surface area contributed by atoms with E-state index in [1.807, 2.05) is 29.5 Å². The molecule has 0 amide bonds. The van der Waals surface area contributed by atoms with Gasteiger partial charge in [0.2, 0.25) is 0 Å². The highest BCUT2D eigenvalue weighted by Gasteiger charge is 2.22. The highest BCUT2D eigenvalue weighted by molar-refractivity contribution is 7.25. The topological polar surface area (TPSA) is 43.1 Å². The van der Waals surface area contributed by atoms with Gasteiger partial charge in [0.05, 0.1) is 22.6 Å². The molecule has 0 bridgehead atoms. The van der Waals surface area contributed by atoms with Crippen molar-refractivity contribution in [2.75, 3.05) is 0 Å². The van der Waals surface area contributed by atoms with E-state index >= 15 is 0 Å². The van der Waals surface area contributed by atoms with Crippen LogP contribution >= 0.6 is 11.3 Å². The van der Waals surface area contributed by atoms with Crippen molar-refractivity contribution in [3.05, 3.63) is 218 Å². The average molecular weight is 809 g/mol. The fourth-order valence-electron chi connectivity index (χ4n) is 8.83. The van der Waals surface area contributed by atoms with Gasteiger partial charge in [0.25, 0.3) is 0 Å². The van der Waals surface area contributed by atoms with E-state index in [9.17, 15) is 0 Å². The lowest BCUT2D eigenvalue weighted by Gasteiger charge is -2.12. The first-order chi connectivity index (χ1) is 30.7. The van der Waals surface area contributed by atoms with Crippen molar-refractivity contribution < 1.29 is 0 Å². The zero-order valence-electron chi connectivity index (χ0n) is 33.5. The van der Waals surface area contributed by atoms with Crippen molar-refractivity contribution in [2.24, 2.45) is 0 Å². The number of aromatic nitrogens is 4. The maximum absolute atomic E-state index is 5.51. The van der Waals surface area contributed by atoms with Gasteiger partial charge in [0, 0.05) is 58.9 Å². The zero-order chi connectivity index (χ0) is 41.0. The summed E-state index contributed by atoms with van der Waals surface area (Å²) in [5.74, 6) is 0.678. The van der Waals surface area contributed by atoms with Gasteiger partial charge in [-0.3, -0.25) is 0 Å². The molecule has 12 rings (SSSR count). The molecule has 0 atom stereocenters. The fraction of sp³-hybridized carbons (Fsp3) is 0. The number of hydrogen-bond acceptors (Lipinski definition) is 4. The van der Waals surface area contributed by atoms with E-state index < -0.39 is 0 Å². The van der Waals surface area contributed by atoms with Crippen molar-refractivity contribution in [3.63, 3.8) is 0 Å². The molecule has 0 radical (unpaired) electrons. The number of hydrogen-bond donors (Lipinski definition) is 0. The highest BCUT2D eigenvalue weighted by Crippen LogP contribution is 2.42. The Morgan fingerprint density at radius 2 is 0.903 bits per heavy atom. The van der Waals surface area contributed by atoms with Crippen LogP contribution in [0, 0.1) is 0 Å². The van der Waals surface area contributed by atoms with Crippen LogP contribution in [-0.2, 0) is 0 Å². The van der Waals surface area contributed by atoms with Crippen LogP contribution in [-0.4, -0.2) is 19.6 Å². The Balaban J connectivity index is 1.03. The van der Waals surface area contributed by atoms with Gasteiger partial charge in [-0.05, 0) is 64.5 Å². The number of benzene rings is 8. The molecule has 0 fully saturated rings. The van der Waals surface area contributed by atoms with Gasteiger partial charge in [-0.2, -0.15) is 5.10 Å². The molecule has 4 aromatic heterocycles. The second-order valence-corrected chi connectivity index (χ2v) is 16.7. The summed E-state index contributed by atoms with van der Waals surface area (Å²) in [4.78, 5) is 10.5. The van der Waals surface area contributed by atoms with E-state index in [-0.39, 0.29) is 0 Å². The molecule has 290 valence electrons.